The van der Waals surface area contributed by atoms with Gasteiger partial charge in [-0.3, -0.25) is 0 Å². The molecule has 0 spiro atoms. The summed E-state index contributed by atoms with van der Waals surface area (Å²) in [4.78, 5) is 0.863. The summed E-state index contributed by atoms with van der Waals surface area (Å²) >= 11 is 0. The zero-order valence-electron chi connectivity index (χ0n) is 12.3. The van der Waals surface area contributed by atoms with E-state index in [1.54, 1.807) is 0 Å². The molecular weight excluding hydrogens is 254 g/mol. The highest BCUT2D eigenvalue weighted by Crippen LogP contribution is 2.25. The average molecular weight is 279 g/mol. The molecule has 1 atom stereocenters. The second-order valence-corrected chi connectivity index (χ2v) is 8.67. The third-order valence-corrected chi connectivity index (χ3v) is 6.03. The molecule has 1 aliphatic rings. The van der Waals surface area contributed by atoms with Crippen LogP contribution in [0.15, 0.2) is 29.2 Å². The Balaban J connectivity index is 2.26. The van der Waals surface area contributed by atoms with Crippen LogP contribution in [0.2, 0.25) is 0 Å². The number of hydrogen-bond donors (Lipinski definition) is 0. The molecule has 2 rings (SSSR count). The van der Waals surface area contributed by atoms with E-state index in [9.17, 15) is 4.21 Å². The van der Waals surface area contributed by atoms with Gasteiger partial charge < -0.3 is 0 Å². The molecule has 1 aliphatic heterocycles. The summed E-state index contributed by atoms with van der Waals surface area (Å²) in [6.45, 7) is 8.38. The van der Waals surface area contributed by atoms with Gasteiger partial charge in [0.05, 0.1) is 9.71 Å². The van der Waals surface area contributed by atoms with E-state index in [-0.39, 0.29) is 5.41 Å². The Morgan fingerprint density at radius 2 is 1.58 bits per heavy atom. The summed E-state index contributed by atoms with van der Waals surface area (Å²) in [6, 6.07) is 8.16. The van der Waals surface area contributed by atoms with Crippen molar-refractivity contribution in [2.24, 2.45) is 0 Å². The zero-order chi connectivity index (χ0) is 14.1. The van der Waals surface area contributed by atoms with Gasteiger partial charge >= 0.3 is 0 Å². The fraction of sp³-hybridized carbons (Fsp3) is 0.562. The van der Waals surface area contributed by atoms with Crippen LogP contribution < -0.4 is 0 Å². The van der Waals surface area contributed by atoms with Gasteiger partial charge in [-0.2, -0.15) is 0 Å². The predicted octanol–water partition coefficient (Wildman–Crippen LogP) is 3.46. The molecule has 1 aromatic carbocycles. The Hall–Kier alpha value is -0.800. The van der Waals surface area contributed by atoms with Gasteiger partial charge in [0.25, 0.3) is 0 Å². The minimum absolute atomic E-state index is 0.131. The van der Waals surface area contributed by atoms with Crippen molar-refractivity contribution in [1.29, 1.82) is 0 Å². The fourth-order valence-electron chi connectivity index (χ4n) is 2.48. The van der Waals surface area contributed by atoms with E-state index < -0.39 is 9.71 Å². The van der Waals surface area contributed by atoms with Crippen LogP contribution in [-0.4, -0.2) is 27.5 Å². The van der Waals surface area contributed by atoms with Gasteiger partial charge in [0.15, 0.2) is 0 Å². The molecule has 106 valence electrons. The molecule has 0 N–H and O–H groups in total. The van der Waals surface area contributed by atoms with Crippen LogP contribution in [0.25, 0.3) is 0 Å². The van der Waals surface area contributed by atoms with Crippen molar-refractivity contribution in [2.45, 2.75) is 50.3 Å². The first kappa shape index (κ1) is 14.6. The van der Waals surface area contributed by atoms with E-state index in [1.807, 2.05) is 12.1 Å². The normalized spacial score (nSPS) is 21.0. The van der Waals surface area contributed by atoms with Gasteiger partial charge in [-0.1, -0.05) is 39.3 Å². The standard InChI is InChI=1S/C16H25NOS/c1-16(2,3)14-8-10-15(11-9-14)19(4,18)17-12-6-5-7-13-17/h8-11H,4-7,12-13H2,1-3H3. The Morgan fingerprint density at radius 3 is 2.05 bits per heavy atom. The molecule has 0 aliphatic carbocycles. The molecule has 3 heteroatoms. The van der Waals surface area contributed by atoms with Gasteiger partial charge in [0.2, 0.25) is 0 Å². The molecule has 1 saturated heterocycles. The maximum atomic E-state index is 12.9. The molecular formula is C16H25NOS. The summed E-state index contributed by atoms with van der Waals surface area (Å²) in [5, 5.41) is 0. The number of rotatable bonds is 2. The Morgan fingerprint density at radius 1 is 1.05 bits per heavy atom. The topological polar surface area (TPSA) is 20.3 Å². The second-order valence-electron chi connectivity index (χ2n) is 6.40. The largest absolute Gasteiger partial charge is 0.248 e. The smallest absolute Gasteiger partial charge is 0.0558 e. The first-order chi connectivity index (χ1) is 8.82. The molecule has 0 bridgehead atoms. The van der Waals surface area contributed by atoms with Crippen LogP contribution in [0.1, 0.15) is 45.6 Å². The van der Waals surface area contributed by atoms with Crippen molar-refractivity contribution in [1.82, 2.24) is 4.31 Å². The van der Waals surface area contributed by atoms with Gasteiger partial charge in [-0.25, -0.2) is 8.51 Å². The van der Waals surface area contributed by atoms with Crippen molar-refractivity contribution in [3.05, 3.63) is 29.8 Å². The van der Waals surface area contributed by atoms with Crippen LogP contribution in [0.3, 0.4) is 0 Å². The van der Waals surface area contributed by atoms with Gasteiger partial charge in [0, 0.05) is 18.0 Å². The summed E-state index contributed by atoms with van der Waals surface area (Å²) in [7, 11) is -2.29. The third-order valence-electron chi connectivity index (χ3n) is 3.82. The van der Waals surface area contributed by atoms with Crippen molar-refractivity contribution in [3.8, 4) is 0 Å². The maximum absolute atomic E-state index is 12.9. The summed E-state index contributed by atoms with van der Waals surface area (Å²) < 4.78 is 15.0. The maximum Gasteiger partial charge on any atom is 0.0558 e. The molecule has 19 heavy (non-hydrogen) atoms. The van der Waals surface area contributed by atoms with Crippen LogP contribution in [0.5, 0.6) is 0 Å². The van der Waals surface area contributed by atoms with Gasteiger partial charge in [-0.05, 0) is 41.8 Å². The minimum Gasteiger partial charge on any atom is -0.248 e. The van der Waals surface area contributed by atoms with E-state index in [4.69, 9.17) is 0 Å². The molecule has 0 amide bonds. The Bertz CT molecular complexity index is 517. The van der Waals surface area contributed by atoms with E-state index in [0.29, 0.717) is 0 Å². The van der Waals surface area contributed by atoms with Gasteiger partial charge in [-0.15, -0.1) is 0 Å². The second kappa shape index (κ2) is 5.29. The Kier molecular flexibility index (Phi) is 4.07. The van der Waals surface area contributed by atoms with E-state index in [0.717, 1.165) is 30.8 Å². The van der Waals surface area contributed by atoms with Crippen LogP contribution in [-0.2, 0) is 15.1 Å². The molecule has 0 saturated carbocycles. The highest BCUT2D eigenvalue weighted by atomic mass is 32.2. The average Bonchev–Trinajstić information content (AvgIpc) is 2.39. The zero-order valence-corrected chi connectivity index (χ0v) is 13.1. The first-order valence-electron chi connectivity index (χ1n) is 7.05. The monoisotopic (exact) mass is 279 g/mol. The van der Waals surface area contributed by atoms with E-state index in [1.165, 1.54) is 12.0 Å². The van der Waals surface area contributed by atoms with Crippen molar-refractivity contribution in [2.75, 3.05) is 13.1 Å². The lowest BCUT2D eigenvalue weighted by Gasteiger charge is -2.30. The molecule has 1 fully saturated rings. The minimum atomic E-state index is -2.29. The van der Waals surface area contributed by atoms with Crippen LogP contribution in [0.4, 0.5) is 0 Å². The lowest BCUT2D eigenvalue weighted by atomic mass is 9.87. The summed E-state index contributed by atoms with van der Waals surface area (Å²) in [6.07, 6.45) is 3.51. The summed E-state index contributed by atoms with van der Waals surface area (Å²) in [5.41, 5.74) is 1.40. The molecule has 1 aromatic rings. The van der Waals surface area contributed by atoms with Crippen LogP contribution >= 0.6 is 0 Å². The van der Waals surface area contributed by atoms with E-state index >= 15 is 0 Å². The highest BCUT2D eigenvalue weighted by molar-refractivity contribution is 7.98. The SMILES string of the molecule is C=S(=O)(c1ccc(C(C)(C)C)cc1)N1CCCCC1. The lowest BCUT2D eigenvalue weighted by molar-refractivity contribution is 0.364. The molecule has 1 unspecified atom stereocenters. The number of piperidine rings is 1. The quantitative estimate of drug-likeness (QED) is 0.759. The van der Waals surface area contributed by atoms with Crippen molar-refractivity contribution < 1.29 is 4.21 Å². The number of nitrogens with zero attached hydrogens (tertiary/aromatic N) is 1. The van der Waals surface area contributed by atoms with E-state index in [2.05, 4.69) is 43.1 Å². The summed E-state index contributed by atoms with van der Waals surface area (Å²) in [5.74, 6) is 4.01. The number of benzene rings is 1. The fourth-order valence-corrected chi connectivity index (χ4v) is 4.18. The molecule has 0 radical (unpaired) electrons. The van der Waals surface area contributed by atoms with Crippen LogP contribution in [0, 0.1) is 0 Å². The highest BCUT2D eigenvalue weighted by Gasteiger charge is 2.21. The molecule has 2 nitrogen and oxygen atoms in total. The molecule has 1 heterocycles. The Labute approximate surface area is 118 Å². The lowest BCUT2D eigenvalue weighted by Crippen LogP contribution is -2.35. The predicted molar refractivity (Wildman–Crippen MR) is 84.1 cm³/mol. The van der Waals surface area contributed by atoms with Crippen molar-refractivity contribution >= 4 is 15.6 Å². The first-order valence-corrected chi connectivity index (χ1v) is 8.73. The third kappa shape index (κ3) is 3.21. The number of hydrogen-bond acceptors (Lipinski definition) is 1. The molecule has 0 aromatic heterocycles. The van der Waals surface area contributed by atoms with Crippen molar-refractivity contribution in [3.63, 3.8) is 0 Å². The van der Waals surface area contributed by atoms with Gasteiger partial charge in [0.1, 0.15) is 0 Å².